The number of fused-ring (bicyclic) bond motifs is 2. The first kappa shape index (κ1) is 19.9. The lowest BCUT2D eigenvalue weighted by Gasteiger charge is -2.23. The largest absolute Gasteiger partial charge is 1.00 e. The maximum Gasteiger partial charge on any atom is 0.232 e. The van der Waals surface area contributed by atoms with Gasteiger partial charge in [-0.05, 0) is 40.7 Å². The van der Waals surface area contributed by atoms with Crippen LogP contribution in [0.2, 0.25) is 5.02 Å². The Morgan fingerprint density at radius 3 is 2.71 bits per heavy atom. The Balaban J connectivity index is 0.00000208. The zero-order valence-electron chi connectivity index (χ0n) is 13.6. The number of rotatable bonds is 3. The summed E-state index contributed by atoms with van der Waals surface area (Å²) in [6.45, 7) is 0.608. The van der Waals surface area contributed by atoms with Crippen molar-refractivity contribution < 1.29 is 28.8 Å². The lowest BCUT2D eigenvalue weighted by molar-refractivity contribution is -0.118. The topological polar surface area (TPSA) is 20.3 Å². The van der Waals surface area contributed by atoms with Gasteiger partial charge in [0.05, 0.1) is 31.2 Å². The maximum atomic E-state index is 12.8. The molecule has 1 aliphatic heterocycles. The number of benzene rings is 2. The molecular weight excluding hydrogens is 473 g/mol. The van der Waals surface area contributed by atoms with Crippen molar-refractivity contribution in [2.45, 2.75) is 22.8 Å². The zero-order valence-corrected chi connectivity index (χ0v) is 18.1. The van der Waals surface area contributed by atoms with Crippen molar-refractivity contribution in [1.29, 1.82) is 0 Å². The molecule has 0 bridgehead atoms. The summed E-state index contributed by atoms with van der Waals surface area (Å²) in [5, 5.41) is 0.666. The highest BCUT2D eigenvalue weighted by atomic mass is 127. The minimum absolute atomic E-state index is 0. The van der Waals surface area contributed by atoms with Crippen LogP contribution >= 0.6 is 23.4 Å². The third kappa shape index (κ3) is 4.62. The van der Waals surface area contributed by atoms with E-state index < -0.39 is 0 Å². The smallest absolute Gasteiger partial charge is 0.232 e. The molecule has 24 heavy (non-hydrogen) atoms. The molecule has 0 unspecified atom stereocenters. The van der Waals surface area contributed by atoms with E-state index in [1.54, 1.807) is 11.8 Å². The van der Waals surface area contributed by atoms with Crippen LogP contribution in [0.25, 0.3) is 0 Å². The number of halogens is 2. The van der Waals surface area contributed by atoms with Gasteiger partial charge in [0.15, 0.2) is 0 Å². The Hall–Kier alpha value is -0.370. The first-order valence-corrected chi connectivity index (χ1v) is 10.8. The molecule has 0 saturated heterocycles. The summed E-state index contributed by atoms with van der Waals surface area (Å²) in [7, 11) is 0.269. The van der Waals surface area contributed by atoms with Gasteiger partial charge in [-0.15, -0.1) is 0 Å². The predicted molar refractivity (Wildman–Crippen MR) is 102 cm³/mol. The molecule has 1 heterocycles. The van der Waals surface area contributed by atoms with Gasteiger partial charge in [-0.3, -0.25) is 4.79 Å². The molecule has 128 valence electrons. The van der Waals surface area contributed by atoms with E-state index in [1.165, 1.54) is 10.5 Å². The molecule has 2 aromatic rings. The minimum atomic E-state index is 0. The molecule has 2 nitrogen and oxygen atoms in total. The fourth-order valence-electron chi connectivity index (χ4n) is 2.54. The average Bonchev–Trinajstić information content (AvgIpc) is 2.69. The average molecular weight is 492 g/mol. The normalized spacial score (nSPS) is 12.9. The summed E-state index contributed by atoms with van der Waals surface area (Å²) >= 11 is 7.90. The van der Waals surface area contributed by atoms with Gasteiger partial charge in [-0.1, -0.05) is 41.6 Å². The van der Waals surface area contributed by atoms with E-state index in [-0.39, 0.29) is 40.8 Å². The van der Waals surface area contributed by atoms with Gasteiger partial charge in [0.1, 0.15) is 5.75 Å². The van der Waals surface area contributed by atoms with Gasteiger partial charge in [-0.2, -0.15) is 0 Å². The maximum absolute atomic E-state index is 12.8. The Bertz CT molecular complexity index is 739. The summed E-state index contributed by atoms with van der Waals surface area (Å²) < 4.78 is 0. The number of anilines is 1. The number of hydrogen-bond acceptors (Lipinski definition) is 2. The van der Waals surface area contributed by atoms with Gasteiger partial charge in [0, 0.05) is 14.8 Å². The van der Waals surface area contributed by atoms with E-state index in [0.717, 1.165) is 16.3 Å². The van der Waals surface area contributed by atoms with E-state index in [4.69, 9.17) is 11.6 Å². The molecule has 0 atom stereocenters. The number of nitrogens with zero attached hydrogens (tertiary/aromatic N) is 1. The molecule has 6 heteroatoms. The highest BCUT2D eigenvalue weighted by molar-refractivity contribution is 7.99. The molecule has 0 N–H and O–H groups in total. The zero-order chi connectivity index (χ0) is 16.4. The van der Waals surface area contributed by atoms with Gasteiger partial charge < -0.3 is 28.9 Å². The van der Waals surface area contributed by atoms with Crippen LogP contribution in [0.4, 0.5) is 5.69 Å². The van der Waals surface area contributed by atoms with Crippen LogP contribution in [-0.4, -0.2) is 24.2 Å². The Kier molecular flexibility index (Phi) is 7.34. The quantitative estimate of drug-likeness (QED) is 0.480. The third-order valence-corrected chi connectivity index (χ3v) is 6.20. The number of carbonyl (C=O) groups is 1. The first-order chi connectivity index (χ1) is 11.0. The fraction of sp³-hybridized carbons (Fsp3) is 0.278. The van der Waals surface area contributed by atoms with E-state index >= 15 is 0 Å². The summed E-state index contributed by atoms with van der Waals surface area (Å²) in [6, 6.07) is 14.1. The van der Waals surface area contributed by atoms with Gasteiger partial charge in [0.2, 0.25) is 5.91 Å². The van der Waals surface area contributed by atoms with Crippen molar-refractivity contribution in [3.05, 3.63) is 53.1 Å². The Labute approximate surface area is 172 Å². The third-order valence-electron chi connectivity index (χ3n) is 3.76. The second-order valence-corrected chi connectivity index (χ2v) is 9.64. The van der Waals surface area contributed by atoms with Crippen molar-refractivity contribution in [1.82, 2.24) is 0 Å². The SMILES string of the molecule is C[S+](C)CCC(=O)N1Cc2ccccc2Sc2ccc(Cl)cc21.[I-]. The van der Waals surface area contributed by atoms with Crippen LogP contribution < -0.4 is 28.9 Å². The van der Waals surface area contributed by atoms with E-state index in [0.29, 0.717) is 18.0 Å². The van der Waals surface area contributed by atoms with Crippen molar-refractivity contribution in [2.75, 3.05) is 23.2 Å². The van der Waals surface area contributed by atoms with E-state index in [9.17, 15) is 4.79 Å². The van der Waals surface area contributed by atoms with Gasteiger partial charge >= 0.3 is 0 Å². The lowest BCUT2D eigenvalue weighted by atomic mass is 10.2. The molecule has 1 aliphatic rings. The second-order valence-electron chi connectivity index (χ2n) is 5.74. The van der Waals surface area contributed by atoms with Crippen molar-refractivity contribution >= 4 is 45.9 Å². The standard InChI is InChI=1S/C18H19ClNOS2.HI/c1-23(2)10-9-18(21)20-12-13-5-3-4-6-16(13)22-17-8-7-14(19)11-15(17)20;/h3-8,11H,9-10,12H2,1-2H3;1H/q+1;/p-1. The van der Waals surface area contributed by atoms with Crippen LogP contribution in [0.5, 0.6) is 0 Å². The summed E-state index contributed by atoms with van der Waals surface area (Å²) in [6.07, 6.45) is 4.92. The molecule has 0 fully saturated rings. The number of carbonyl (C=O) groups excluding carboxylic acids is 1. The van der Waals surface area contributed by atoms with Gasteiger partial charge in [-0.25, -0.2) is 0 Å². The number of hydrogen-bond donors (Lipinski definition) is 0. The molecule has 0 radical (unpaired) electrons. The molecule has 0 saturated carbocycles. The summed E-state index contributed by atoms with van der Waals surface area (Å²) in [5.41, 5.74) is 2.11. The summed E-state index contributed by atoms with van der Waals surface area (Å²) in [4.78, 5) is 17.0. The molecule has 1 amide bonds. The molecule has 0 aromatic heterocycles. The van der Waals surface area contributed by atoms with Crippen molar-refractivity contribution in [2.24, 2.45) is 0 Å². The molecule has 3 rings (SSSR count). The van der Waals surface area contributed by atoms with Crippen LogP contribution in [-0.2, 0) is 22.2 Å². The molecule has 0 spiro atoms. The van der Waals surface area contributed by atoms with Crippen LogP contribution in [0.1, 0.15) is 12.0 Å². The molecular formula is C18H19ClINOS2. The summed E-state index contributed by atoms with van der Waals surface area (Å²) in [5.74, 6) is 1.10. The highest BCUT2D eigenvalue weighted by Gasteiger charge is 2.25. The van der Waals surface area contributed by atoms with Gasteiger partial charge in [0.25, 0.3) is 0 Å². The second kappa shape index (κ2) is 8.83. The first-order valence-electron chi connectivity index (χ1n) is 7.44. The molecule has 2 aromatic carbocycles. The predicted octanol–water partition coefficient (Wildman–Crippen LogP) is 1.61. The van der Waals surface area contributed by atoms with Crippen LogP contribution in [0.15, 0.2) is 52.3 Å². The van der Waals surface area contributed by atoms with Crippen LogP contribution in [0.3, 0.4) is 0 Å². The minimum Gasteiger partial charge on any atom is -1.00 e. The van der Waals surface area contributed by atoms with E-state index in [1.807, 2.05) is 35.2 Å². The Morgan fingerprint density at radius 2 is 1.96 bits per heavy atom. The monoisotopic (exact) mass is 491 g/mol. The molecule has 0 aliphatic carbocycles. The number of amides is 1. The van der Waals surface area contributed by atoms with E-state index in [2.05, 4.69) is 24.6 Å². The van der Waals surface area contributed by atoms with Crippen molar-refractivity contribution in [3.63, 3.8) is 0 Å². The fourth-order valence-corrected chi connectivity index (χ4v) is 4.35. The Morgan fingerprint density at radius 1 is 1.21 bits per heavy atom. The van der Waals surface area contributed by atoms with Crippen molar-refractivity contribution in [3.8, 4) is 0 Å². The lowest BCUT2D eigenvalue weighted by Crippen LogP contribution is -3.00. The highest BCUT2D eigenvalue weighted by Crippen LogP contribution is 2.42. The van der Waals surface area contributed by atoms with Crippen LogP contribution in [0, 0.1) is 0 Å².